The van der Waals surface area contributed by atoms with Crippen LogP contribution in [0.1, 0.15) is 264 Å². The van der Waals surface area contributed by atoms with Crippen LogP contribution < -0.4 is 10.2 Å². The Kier molecular flexibility index (Phi) is 55.7. The Morgan fingerprint density at radius 2 is 0.805 bits per heavy atom. The lowest BCUT2D eigenvalue weighted by Crippen LogP contribution is -2.45. The first-order chi connectivity index (χ1) is 37.5. The smallest absolute Gasteiger partial charge is 0.268 e. The lowest BCUT2D eigenvalue weighted by Gasteiger charge is -2.29. The van der Waals surface area contributed by atoms with Gasteiger partial charge in [0.15, 0.2) is 0 Å². The number of phosphoric ester groups is 1. The fourth-order valence-corrected chi connectivity index (χ4v) is 9.52. The van der Waals surface area contributed by atoms with Crippen molar-refractivity contribution in [3.8, 4) is 0 Å². The number of nitrogens with zero attached hydrogens (tertiary/aromatic N) is 1. The molecule has 0 bridgehead atoms. The third kappa shape index (κ3) is 60.6. The first-order valence-electron chi connectivity index (χ1n) is 31.7. The molecule has 0 aliphatic rings. The predicted octanol–water partition coefficient (Wildman–Crippen LogP) is 19.3. The number of carbonyl (C=O) groups excluding carboxylic acids is 1. The summed E-state index contributed by atoms with van der Waals surface area (Å²) in [5, 5.41) is 13.9. The van der Waals surface area contributed by atoms with Gasteiger partial charge in [0.1, 0.15) is 13.2 Å². The molecule has 0 heterocycles. The van der Waals surface area contributed by atoms with Crippen LogP contribution in [-0.4, -0.2) is 68.5 Å². The maximum atomic E-state index is 13.0. The molecule has 0 spiro atoms. The maximum absolute atomic E-state index is 13.0. The summed E-state index contributed by atoms with van der Waals surface area (Å²) in [6.07, 6.45) is 84.8. The van der Waals surface area contributed by atoms with Crippen molar-refractivity contribution in [2.45, 2.75) is 276 Å². The first kappa shape index (κ1) is 74.2. The van der Waals surface area contributed by atoms with Gasteiger partial charge >= 0.3 is 0 Å². The monoisotopic (exact) mass is 1090 g/mol. The van der Waals surface area contributed by atoms with E-state index in [0.717, 1.165) is 83.5 Å². The average Bonchev–Trinajstić information content (AvgIpc) is 3.39. The van der Waals surface area contributed by atoms with E-state index in [4.69, 9.17) is 9.05 Å². The number of carbonyl (C=O) groups is 1. The van der Waals surface area contributed by atoms with E-state index in [2.05, 4.69) is 116 Å². The van der Waals surface area contributed by atoms with Crippen LogP contribution in [0.15, 0.2) is 109 Å². The number of unbranched alkanes of at least 4 members (excludes halogenated alkanes) is 28. The molecule has 9 heteroatoms. The summed E-state index contributed by atoms with van der Waals surface area (Å²) in [7, 11) is 1.21. The van der Waals surface area contributed by atoms with Crippen LogP contribution in [-0.2, 0) is 18.4 Å². The van der Waals surface area contributed by atoms with Crippen LogP contribution >= 0.6 is 7.82 Å². The topological polar surface area (TPSA) is 108 Å². The van der Waals surface area contributed by atoms with E-state index in [9.17, 15) is 19.4 Å². The van der Waals surface area contributed by atoms with Gasteiger partial charge in [-0.15, -0.1) is 0 Å². The fourth-order valence-electron chi connectivity index (χ4n) is 8.80. The molecule has 0 radical (unpaired) electrons. The summed E-state index contributed by atoms with van der Waals surface area (Å²) >= 11 is 0. The lowest BCUT2D eigenvalue weighted by molar-refractivity contribution is -0.870. The van der Waals surface area contributed by atoms with Crippen molar-refractivity contribution >= 4 is 13.7 Å². The zero-order chi connectivity index (χ0) is 56.3. The minimum absolute atomic E-state index is 0.0192. The molecule has 0 aliphatic carbocycles. The molecule has 0 rings (SSSR count). The van der Waals surface area contributed by atoms with E-state index in [1.54, 1.807) is 6.08 Å². The van der Waals surface area contributed by atoms with Crippen molar-refractivity contribution in [1.82, 2.24) is 5.32 Å². The molecule has 8 nitrogen and oxygen atoms in total. The number of amides is 1. The second-order valence-corrected chi connectivity index (χ2v) is 23.8. The molecular formula is C68H121N2O6P. The average molecular weight is 1090 g/mol. The summed E-state index contributed by atoms with van der Waals surface area (Å²) in [5.41, 5.74) is 0. The van der Waals surface area contributed by atoms with Crippen molar-refractivity contribution in [2.24, 2.45) is 0 Å². The van der Waals surface area contributed by atoms with Gasteiger partial charge in [0.05, 0.1) is 39.9 Å². The largest absolute Gasteiger partial charge is 0.756 e. The molecule has 444 valence electrons. The van der Waals surface area contributed by atoms with Crippen LogP contribution in [0.5, 0.6) is 0 Å². The van der Waals surface area contributed by atoms with E-state index in [0.29, 0.717) is 17.4 Å². The molecule has 3 atom stereocenters. The molecule has 2 N–H and O–H groups in total. The van der Waals surface area contributed by atoms with Gasteiger partial charge in [0.25, 0.3) is 7.82 Å². The molecule has 0 saturated heterocycles. The van der Waals surface area contributed by atoms with Crippen LogP contribution in [0.4, 0.5) is 0 Å². The molecule has 0 saturated carbocycles. The number of phosphoric acid groups is 1. The van der Waals surface area contributed by atoms with Crippen LogP contribution in [0, 0.1) is 0 Å². The molecule has 0 aromatic heterocycles. The number of rotatable bonds is 57. The minimum Gasteiger partial charge on any atom is -0.756 e. The fraction of sp³-hybridized carbons (Fsp3) is 0.721. The van der Waals surface area contributed by atoms with E-state index in [-0.39, 0.29) is 18.9 Å². The number of aliphatic hydroxyl groups is 1. The Labute approximate surface area is 476 Å². The molecule has 77 heavy (non-hydrogen) atoms. The van der Waals surface area contributed by atoms with Gasteiger partial charge in [-0.25, -0.2) is 0 Å². The van der Waals surface area contributed by atoms with Gasteiger partial charge in [0, 0.05) is 6.42 Å². The number of likely N-dealkylation sites (N-methyl/N-ethyl adjacent to an activating group) is 1. The standard InChI is InChI=1S/C68H121N2O6P/c1-6-8-10-12-14-16-18-20-22-24-26-28-30-32-33-34-35-36-38-39-41-43-45-47-49-51-53-55-57-59-61-67(71)66(65-76-77(73,74)75-64-63-70(3,4)5)69-68(72)62-60-58-56-54-52-50-48-46-44-42-40-37-31-29-27-25-23-21-19-17-15-13-11-9-7-2/h9,11,15,17,21,23,27,29,37,40,44,46,50-53,59,61,66-67,71H,6-8,10,12-14,16,18-20,22,24-26,28,30-36,38-39,41-43,45,47-49,54-58,60,62-65H2,1-5H3,(H-,69,72,73,74)/b11-9-,17-15-,23-21-,29-27-,40-37-,46-44-,52-50-,53-51+,61-59+. The highest BCUT2D eigenvalue weighted by Gasteiger charge is 2.23. The van der Waals surface area contributed by atoms with Crippen molar-refractivity contribution in [3.63, 3.8) is 0 Å². The molecule has 0 aromatic carbocycles. The third-order valence-electron chi connectivity index (χ3n) is 13.7. The number of quaternary nitrogens is 1. The Morgan fingerprint density at radius 1 is 0.468 bits per heavy atom. The second kappa shape index (κ2) is 57.8. The quantitative estimate of drug-likeness (QED) is 0.0272. The molecule has 0 aromatic rings. The number of hydrogen-bond acceptors (Lipinski definition) is 6. The molecular weight excluding hydrogens is 972 g/mol. The SMILES string of the molecule is CC/C=C\C/C=C\C/C=C\C/C=C\C/C=C\C/C=C\C/C=C\CCCCCC(=O)NC(COP(=O)([O-])OCC[N+](C)(C)C)C(O)/C=C/CC/C=C/CCCCCCCCCCCCCCCCCCCCCCCCCC. The number of allylic oxidation sites excluding steroid dienone is 17. The third-order valence-corrected chi connectivity index (χ3v) is 14.7. The Morgan fingerprint density at radius 3 is 1.21 bits per heavy atom. The zero-order valence-electron chi connectivity index (χ0n) is 50.6. The van der Waals surface area contributed by atoms with Crippen molar-refractivity contribution in [1.29, 1.82) is 0 Å². The van der Waals surface area contributed by atoms with Gasteiger partial charge in [-0.2, -0.15) is 0 Å². The van der Waals surface area contributed by atoms with Crippen molar-refractivity contribution in [2.75, 3.05) is 40.9 Å². The summed E-state index contributed by atoms with van der Waals surface area (Å²) < 4.78 is 23.4. The van der Waals surface area contributed by atoms with Crippen molar-refractivity contribution in [3.05, 3.63) is 109 Å². The van der Waals surface area contributed by atoms with Gasteiger partial charge < -0.3 is 28.8 Å². The summed E-state index contributed by atoms with van der Waals surface area (Å²) in [6, 6.07) is -0.931. The number of aliphatic hydroxyl groups excluding tert-OH is 1. The van der Waals surface area contributed by atoms with Gasteiger partial charge in [-0.05, 0) is 89.9 Å². The Bertz CT molecular complexity index is 1620. The maximum Gasteiger partial charge on any atom is 0.268 e. The Balaban J connectivity index is 4.27. The van der Waals surface area contributed by atoms with E-state index >= 15 is 0 Å². The van der Waals surface area contributed by atoms with Gasteiger partial charge in [-0.1, -0.05) is 277 Å². The highest BCUT2D eigenvalue weighted by molar-refractivity contribution is 7.45. The molecule has 0 aliphatic heterocycles. The summed E-state index contributed by atoms with van der Waals surface area (Å²) in [4.78, 5) is 25.5. The van der Waals surface area contributed by atoms with Crippen LogP contribution in [0.25, 0.3) is 0 Å². The van der Waals surface area contributed by atoms with E-state index < -0.39 is 26.6 Å². The number of hydrogen-bond donors (Lipinski definition) is 2. The van der Waals surface area contributed by atoms with Crippen LogP contribution in [0.2, 0.25) is 0 Å². The van der Waals surface area contributed by atoms with E-state index in [1.165, 1.54) is 154 Å². The Hall–Kier alpha value is -2.84. The molecule has 0 fully saturated rings. The summed E-state index contributed by atoms with van der Waals surface area (Å²) in [6.45, 7) is 4.50. The second-order valence-electron chi connectivity index (χ2n) is 22.4. The van der Waals surface area contributed by atoms with Gasteiger partial charge in [0.2, 0.25) is 5.91 Å². The highest BCUT2D eigenvalue weighted by atomic mass is 31.2. The molecule has 1 amide bonds. The van der Waals surface area contributed by atoms with Crippen LogP contribution in [0.3, 0.4) is 0 Å². The summed E-state index contributed by atoms with van der Waals surface area (Å²) in [5.74, 6) is -0.241. The van der Waals surface area contributed by atoms with Crippen molar-refractivity contribution < 1.29 is 32.9 Å². The normalized spacial score (nSPS) is 14.5. The molecule has 3 unspecified atom stereocenters. The predicted molar refractivity (Wildman–Crippen MR) is 334 cm³/mol. The lowest BCUT2D eigenvalue weighted by atomic mass is 10.0. The minimum atomic E-state index is -4.63. The first-order valence-corrected chi connectivity index (χ1v) is 33.2. The number of nitrogens with one attached hydrogen (secondary N) is 1. The zero-order valence-corrected chi connectivity index (χ0v) is 51.5. The van der Waals surface area contributed by atoms with E-state index in [1.807, 2.05) is 27.2 Å². The highest BCUT2D eigenvalue weighted by Crippen LogP contribution is 2.38. The van der Waals surface area contributed by atoms with Gasteiger partial charge in [-0.3, -0.25) is 9.36 Å².